The first-order valence-electron chi connectivity index (χ1n) is 25.1. The summed E-state index contributed by atoms with van der Waals surface area (Å²) in [5.74, 6) is -0.500. The molecule has 3 unspecified atom stereocenters. The zero-order valence-electron chi connectivity index (χ0n) is 38.2. The van der Waals surface area contributed by atoms with Crippen LogP contribution in [-0.4, -0.2) is 46.9 Å². The molecule has 0 aliphatic heterocycles. The average molecular weight is 804 g/mol. The van der Waals surface area contributed by atoms with E-state index in [1.54, 1.807) is 0 Å². The predicted molar refractivity (Wildman–Crippen MR) is 246 cm³/mol. The summed E-state index contributed by atoms with van der Waals surface area (Å²) in [5, 5.41) is 23.6. The molecule has 0 aliphatic carbocycles. The number of carbonyl (C=O) groups is 2. The van der Waals surface area contributed by atoms with Gasteiger partial charge in [0, 0.05) is 6.42 Å². The fourth-order valence-electron chi connectivity index (χ4n) is 7.66. The van der Waals surface area contributed by atoms with Gasteiger partial charge >= 0.3 is 5.97 Å². The topological polar surface area (TPSA) is 95.9 Å². The van der Waals surface area contributed by atoms with Gasteiger partial charge in [0.15, 0.2) is 0 Å². The van der Waals surface area contributed by atoms with Crippen LogP contribution in [0.25, 0.3) is 0 Å². The van der Waals surface area contributed by atoms with Gasteiger partial charge in [0.25, 0.3) is 0 Å². The van der Waals surface area contributed by atoms with E-state index in [1.807, 2.05) is 0 Å². The second-order valence-electron chi connectivity index (χ2n) is 17.2. The van der Waals surface area contributed by atoms with E-state index in [4.69, 9.17) is 4.74 Å². The number of ether oxygens (including phenoxy) is 1. The van der Waals surface area contributed by atoms with E-state index < -0.39 is 18.2 Å². The molecule has 3 N–H and O–H groups in total. The normalized spacial score (nSPS) is 13.4. The van der Waals surface area contributed by atoms with Crippen LogP contribution in [-0.2, 0) is 14.3 Å². The lowest BCUT2D eigenvalue weighted by Crippen LogP contribution is -2.46. The van der Waals surface area contributed by atoms with Gasteiger partial charge in [-0.2, -0.15) is 0 Å². The molecule has 0 aromatic heterocycles. The summed E-state index contributed by atoms with van der Waals surface area (Å²) < 4.78 is 5.90. The van der Waals surface area contributed by atoms with E-state index in [0.717, 1.165) is 57.8 Å². The van der Waals surface area contributed by atoms with Gasteiger partial charge in [-0.25, -0.2) is 0 Å². The van der Waals surface area contributed by atoms with Crippen LogP contribution in [0.15, 0.2) is 24.3 Å². The molecule has 0 saturated carbocycles. The maximum Gasteiger partial charge on any atom is 0.306 e. The Labute approximate surface area is 354 Å². The van der Waals surface area contributed by atoms with Gasteiger partial charge in [-0.05, 0) is 70.6 Å². The Hall–Kier alpha value is -1.66. The monoisotopic (exact) mass is 804 g/mol. The van der Waals surface area contributed by atoms with Crippen LogP contribution in [0.4, 0.5) is 0 Å². The maximum atomic E-state index is 13.1. The van der Waals surface area contributed by atoms with Crippen molar-refractivity contribution < 1.29 is 24.5 Å². The Morgan fingerprint density at radius 1 is 0.491 bits per heavy atom. The zero-order valence-corrected chi connectivity index (χ0v) is 38.2. The van der Waals surface area contributed by atoms with E-state index in [2.05, 4.69) is 50.4 Å². The van der Waals surface area contributed by atoms with E-state index >= 15 is 0 Å². The van der Waals surface area contributed by atoms with E-state index in [-0.39, 0.29) is 24.9 Å². The third kappa shape index (κ3) is 40.9. The van der Waals surface area contributed by atoms with Gasteiger partial charge in [0.1, 0.15) is 6.10 Å². The fourth-order valence-corrected chi connectivity index (χ4v) is 7.66. The Morgan fingerprint density at radius 3 is 1.28 bits per heavy atom. The van der Waals surface area contributed by atoms with E-state index in [1.165, 1.54) is 161 Å². The molecule has 0 aromatic carbocycles. The largest absolute Gasteiger partial charge is 0.462 e. The second-order valence-corrected chi connectivity index (χ2v) is 17.2. The van der Waals surface area contributed by atoms with Crippen molar-refractivity contribution in [2.45, 2.75) is 283 Å². The lowest BCUT2D eigenvalue weighted by atomic mass is 10.0. The van der Waals surface area contributed by atoms with Crippen LogP contribution in [0.3, 0.4) is 0 Å². The van der Waals surface area contributed by atoms with Crippen LogP contribution >= 0.6 is 0 Å². The summed E-state index contributed by atoms with van der Waals surface area (Å²) in [6, 6.07) is -0.705. The first-order valence-corrected chi connectivity index (χ1v) is 25.1. The van der Waals surface area contributed by atoms with Gasteiger partial charge in [0.05, 0.1) is 25.2 Å². The quantitative estimate of drug-likeness (QED) is 0.0324. The van der Waals surface area contributed by atoms with Crippen molar-refractivity contribution in [1.82, 2.24) is 5.32 Å². The van der Waals surface area contributed by atoms with E-state index in [9.17, 15) is 19.8 Å². The molecular formula is C51H97NO5. The van der Waals surface area contributed by atoms with Crippen molar-refractivity contribution >= 4 is 11.9 Å². The number of allylic oxidation sites excluding steroid dienone is 4. The summed E-state index contributed by atoms with van der Waals surface area (Å²) in [5.41, 5.74) is 0. The summed E-state index contributed by atoms with van der Waals surface area (Å²) in [4.78, 5) is 26.0. The molecule has 0 bridgehead atoms. The average Bonchev–Trinajstić information content (AvgIpc) is 3.20. The molecule has 0 aromatic rings. The highest BCUT2D eigenvalue weighted by atomic mass is 16.5. The number of carbonyl (C=O) groups excluding carboxylic acids is 2. The molecule has 336 valence electrons. The third-order valence-electron chi connectivity index (χ3n) is 11.5. The summed E-state index contributed by atoms with van der Waals surface area (Å²) >= 11 is 0. The smallest absolute Gasteiger partial charge is 0.306 e. The zero-order chi connectivity index (χ0) is 41.7. The Morgan fingerprint density at radius 2 is 0.860 bits per heavy atom. The third-order valence-corrected chi connectivity index (χ3v) is 11.5. The number of rotatable bonds is 45. The van der Waals surface area contributed by atoms with Crippen molar-refractivity contribution in [2.75, 3.05) is 6.61 Å². The molecule has 0 fully saturated rings. The number of esters is 1. The molecule has 57 heavy (non-hydrogen) atoms. The first-order chi connectivity index (χ1) is 28.0. The molecule has 1 amide bonds. The number of aliphatic hydroxyl groups is 2. The summed E-state index contributed by atoms with van der Waals surface area (Å²) in [7, 11) is 0. The highest BCUT2D eigenvalue weighted by molar-refractivity contribution is 5.77. The SMILES string of the molecule is CCCCCCCC/C=C\CCCC(CC(=O)NC(CO)C(O)CCCCCCCCCCCC)OC(=O)CCCCCCCCC/C=C/CCCCCCCC. The Kier molecular flexibility index (Phi) is 44.1. The van der Waals surface area contributed by atoms with Gasteiger partial charge < -0.3 is 20.3 Å². The highest BCUT2D eigenvalue weighted by Crippen LogP contribution is 2.17. The van der Waals surface area contributed by atoms with Crippen molar-refractivity contribution in [3.63, 3.8) is 0 Å². The second kappa shape index (κ2) is 45.4. The van der Waals surface area contributed by atoms with Crippen LogP contribution in [0.2, 0.25) is 0 Å². The number of nitrogens with one attached hydrogen (secondary N) is 1. The van der Waals surface area contributed by atoms with Crippen molar-refractivity contribution in [3.05, 3.63) is 24.3 Å². The molecule has 6 nitrogen and oxygen atoms in total. The molecule has 0 aliphatic rings. The molecular weight excluding hydrogens is 707 g/mol. The number of hydrogen-bond donors (Lipinski definition) is 3. The predicted octanol–water partition coefficient (Wildman–Crippen LogP) is 14.7. The van der Waals surface area contributed by atoms with E-state index in [0.29, 0.717) is 19.3 Å². The fraction of sp³-hybridized carbons (Fsp3) is 0.882. The molecule has 0 radical (unpaired) electrons. The number of unbranched alkanes of at least 4 members (excludes halogenated alkanes) is 29. The van der Waals surface area contributed by atoms with Crippen LogP contribution in [0, 0.1) is 0 Å². The van der Waals surface area contributed by atoms with Gasteiger partial charge in [-0.1, -0.05) is 206 Å². The molecule has 3 atom stereocenters. The van der Waals surface area contributed by atoms with Crippen molar-refractivity contribution in [2.24, 2.45) is 0 Å². The van der Waals surface area contributed by atoms with Gasteiger partial charge in [-0.15, -0.1) is 0 Å². The minimum absolute atomic E-state index is 0.0585. The lowest BCUT2D eigenvalue weighted by molar-refractivity contribution is -0.151. The van der Waals surface area contributed by atoms with Crippen LogP contribution in [0.1, 0.15) is 265 Å². The molecule has 0 rings (SSSR count). The summed E-state index contributed by atoms with van der Waals surface area (Å²) in [6.07, 6.45) is 51.0. The number of amides is 1. The minimum Gasteiger partial charge on any atom is -0.462 e. The number of hydrogen-bond acceptors (Lipinski definition) is 5. The van der Waals surface area contributed by atoms with Crippen molar-refractivity contribution in [1.29, 1.82) is 0 Å². The Balaban J connectivity index is 4.53. The highest BCUT2D eigenvalue weighted by Gasteiger charge is 2.24. The van der Waals surface area contributed by atoms with Crippen LogP contribution in [0.5, 0.6) is 0 Å². The van der Waals surface area contributed by atoms with Gasteiger partial charge in [0.2, 0.25) is 5.91 Å². The Bertz CT molecular complexity index is 904. The maximum absolute atomic E-state index is 13.1. The molecule has 0 spiro atoms. The van der Waals surface area contributed by atoms with Crippen molar-refractivity contribution in [3.8, 4) is 0 Å². The first kappa shape index (κ1) is 55.3. The molecule has 0 saturated heterocycles. The van der Waals surface area contributed by atoms with Crippen LogP contribution < -0.4 is 5.32 Å². The minimum atomic E-state index is -0.790. The summed E-state index contributed by atoms with van der Waals surface area (Å²) in [6.45, 7) is 6.45. The molecule has 0 heterocycles. The standard InChI is InChI=1S/C51H97NO5/c1-4-7-10-13-16-19-22-23-24-25-26-27-29-32-35-38-41-44-51(56)57-47(42-39-36-33-30-28-20-17-14-11-8-5-2)45-50(55)52-48(46-53)49(54)43-40-37-34-31-21-18-15-12-9-6-3/h23-24,30,33,47-49,53-54H,4-22,25-29,31-32,34-46H2,1-3H3,(H,52,55)/b24-23+,33-30-. The number of aliphatic hydroxyl groups excluding tert-OH is 2. The van der Waals surface area contributed by atoms with Gasteiger partial charge in [-0.3, -0.25) is 9.59 Å². The lowest BCUT2D eigenvalue weighted by Gasteiger charge is -2.24. The molecule has 6 heteroatoms.